The molecule has 2 aromatic carbocycles. The third-order valence-corrected chi connectivity index (χ3v) is 9.86. The minimum absolute atomic E-state index is 0.0123. The standard InChI is InChI=1S/C38H31F7N8O3S/c1-51(2)14-6-7-23-10-11-24(25-8-5-9-27-33(25)52(3)49-36(27)50-57(4,55)56)32(46-23)29(17-20-15-21(39)18-22(40)16-20)47-30(54)19-53-35-31(34(48-53)38(43,44)45)26-12-13-28(26)37(35,41)42/h5,8-11,15-16,18,26,28-29H,14,17,19H2,1-4H3,(H,47,54)(H,49,50)/t26-,28+,29-/m0/s1. The number of hydrogen-bond donors (Lipinski definition) is 2. The Morgan fingerprint density at radius 3 is 2.40 bits per heavy atom. The molecule has 0 bridgehead atoms. The molecule has 57 heavy (non-hydrogen) atoms. The molecule has 0 saturated carbocycles. The van der Waals surface area contributed by atoms with Crippen LogP contribution < -0.4 is 10.0 Å². The zero-order valence-electron chi connectivity index (χ0n) is 30.4. The molecule has 0 radical (unpaired) electrons. The zero-order valence-corrected chi connectivity index (χ0v) is 31.3. The molecule has 3 heterocycles. The first-order valence-electron chi connectivity index (χ1n) is 17.1. The van der Waals surface area contributed by atoms with Crippen LogP contribution in [-0.2, 0) is 46.9 Å². The van der Waals surface area contributed by atoms with E-state index in [1.165, 1.54) is 4.68 Å². The summed E-state index contributed by atoms with van der Waals surface area (Å²) in [5, 5.41) is 10.8. The molecule has 296 valence electrons. The fourth-order valence-corrected chi connectivity index (χ4v) is 7.57. The van der Waals surface area contributed by atoms with E-state index in [2.05, 4.69) is 43.9 Å². The molecule has 0 spiro atoms. The largest absolute Gasteiger partial charge is 0.435 e. The molecule has 11 nitrogen and oxygen atoms in total. The van der Waals surface area contributed by atoms with Crippen molar-refractivity contribution in [3.63, 3.8) is 0 Å². The van der Waals surface area contributed by atoms with Gasteiger partial charge in [-0.25, -0.2) is 22.2 Å². The summed E-state index contributed by atoms with van der Waals surface area (Å²) in [6.45, 7) is -0.769. The van der Waals surface area contributed by atoms with Gasteiger partial charge in [0.2, 0.25) is 15.9 Å². The molecular formula is C38H31F7N8O3S. The molecule has 7 rings (SSSR count). The Bertz CT molecular complexity index is 2680. The van der Waals surface area contributed by atoms with Crippen molar-refractivity contribution in [1.82, 2.24) is 34.8 Å². The van der Waals surface area contributed by atoms with Gasteiger partial charge in [0.25, 0.3) is 0 Å². The van der Waals surface area contributed by atoms with Crippen LogP contribution in [0.5, 0.6) is 0 Å². The van der Waals surface area contributed by atoms with Crippen LogP contribution in [0.25, 0.3) is 22.0 Å². The molecule has 1 amide bonds. The van der Waals surface area contributed by atoms with Crippen LogP contribution in [0.15, 0.2) is 48.5 Å². The summed E-state index contributed by atoms with van der Waals surface area (Å²) in [4.78, 5) is 20.5. The summed E-state index contributed by atoms with van der Waals surface area (Å²) in [5.41, 5.74) is -1.99. The van der Waals surface area contributed by atoms with Crippen LogP contribution in [0.1, 0.15) is 45.9 Å². The maximum atomic E-state index is 15.5. The van der Waals surface area contributed by atoms with E-state index in [1.54, 1.807) is 56.4 Å². The minimum Gasteiger partial charge on any atom is -0.346 e. The van der Waals surface area contributed by atoms with Crippen molar-refractivity contribution in [2.75, 3.05) is 31.6 Å². The van der Waals surface area contributed by atoms with E-state index in [1.807, 2.05) is 0 Å². The van der Waals surface area contributed by atoms with Crippen molar-refractivity contribution in [1.29, 1.82) is 0 Å². The number of halogens is 7. The number of nitrogens with one attached hydrogen (secondary N) is 2. The van der Waals surface area contributed by atoms with E-state index in [-0.39, 0.29) is 29.2 Å². The Morgan fingerprint density at radius 2 is 1.77 bits per heavy atom. The predicted molar refractivity (Wildman–Crippen MR) is 194 cm³/mol. The molecule has 5 aromatic rings. The van der Waals surface area contributed by atoms with E-state index in [9.17, 15) is 35.2 Å². The number of sulfonamides is 1. The van der Waals surface area contributed by atoms with E-state index in [4.69, 9.17) is 4.98 Å². The summed E-state index contributed by atoms with van der Waals surface area (Å²) in [6.07, 6.45) is -4.52. The summed E-state index contributed by atoms with van der Waals surface area (Å²) in [5.74, 6) is 0.542. The second-order valence-electron chi connectivity index (χ2n) is 14.0. The number of rotatable bonds is 10. The molecule has 19 heteroatoms. The van der Waals surface area contributed by atoms with Crippen molar-refractivity contribution < 1.29 is 43.9 Å². The molecule has 0 fully saturated rings. The SMILES string of the molecule is CN(C)CC#Cc1ccc(-c2cccc3c(NS(C)(=O)=O)nn(C)c23)c([C@H](Cc2cc(F)cc(F)c2)NC(=O)Cn2nc(C(F)(F)F)c3c2C(F)(F)[C@@H]2C#C[C@H]32)n1. The maximum Gasteiger partial charge on any atom is 0.435 e. The first-order valence-corrected chi connectivity index (χ1v) is 19.0. The number of anilines is 1. The quantitative estimate of drug-likeness (QED) is 0.144. The smallest absolute Gasteiger partial charge is 0.346 e. The lowest BCUT2D eigenvalue weighted by Crippen LogP contribution is -2.36. The second kappa shape index (κ2) is 14.2. The predicted octanol–water partition coefficient (Wildman–Crippen LogP) is 5.34. The van der Waals surface area contributed by atoms with Crippen LogP contribution >= 0.6 is 0 Å². The van der Waals surface area contributed by atoms with Crippen LogP contribution in [0.4, 0.5) is 36.6 Å². The lowest BCUT2D eigenvalue weighted by Gasteiger charge is -2.24. The van der Waals surface area contributed by atoms with Gasteiger partial charge in [-0.2, -0.15) is 32.1 Å². The van der Waals surface area contributed by atoms with E-state index in [0.717, 1.165) is 18.4 Å². The fraction of sp³-hybridized carbons (Fsp3) is 0.316. The van der Waals surface area contributed by atoms with Gasteiger partial charge in [0.05, 0.1) is 36.0 Å². The highest BCUT2D eigenvalue weighted by molar-refractivity contribution is 7.92. The maximum absolute atomic E-state index is 15.5. The number of hydrogen-bond acceptors (Lipinski definition) is 7. The molecule has 0 unspecified atom stereocenters. The number of amides is 1. The molecule has 2 aliphatic carbocycles. The number of alkyl halides is 5. The summed E-state index contributed by atoms with van der Waals surface area (Å²) >= 11 is 0. The lowest BCUT2D eigenvalue weighted by molar-refractivity contribution is -0.142. The Hall–Kier alpha value is -5.92. The highest BCUT2D eigenvalue weighted by atomic mass is 32.2. The average molecular weight is 813 g/mol. The van der Waals surface area contributed by atoms with Gasteiger partial charge < -0.3 is 5.32 Å². The highest BCUT2D eigenvalue weighted by Crippen LogP contribution is 2.58. The highest BCUT2D eigenvalue weighted by Gasteiger charge is 2.62. The third kappa shape index (κ3) is 7.64. The monoisotopic (exact) mass is 812 g/mol. The van der Waals surface area contributed by atoms with Crippen molar-refractivity contribution >= 4 is 32.7 Å². The fourth-order valence-electron chi connectivity index (χ4n) is 7.07. The number of pyridine rings is 1. The van der Waals surface area contributed by atoms with Crippen molar-refractivity contribution in [3.05, 3.63) is 94.1 Å². The van der Waals surface area contributed by atoms with Gasteiger partial charge in [-0.05, 0) is 62.3 Å². The number of carbonyl (C=O) groups is 1. The topological polar surface area (TPSA) is 127 Å². The first-order chi connectivity index (χ1) is 26.7. The lowest BCUT2D eigenvalue weighted by atomic mass is 9.84. The first kappa shape index (κ1) is 39.3. The van der Waals surface area contributed by atoms with Crippen LogP contribution in [-0.4, -0.2) is 70.7 Å². The number of nitrogens with zero attached hydrogens (tertiary/aromatic N) is 6. The van der Waals surface area contributed by atoms with Crippen molar-refractivity contribution in [2.24, 2.45) is 13.0 Å². The average Bonchev–Trinajstić information content (AvgIpc) is 3.64. The van der Waals surface area contributed by atoms with Gasteiger partial charge in [-0.15, -0.1) is 0 Å². The molecule has 2 N–H and O–H groups in total. The Morgan fingerprint density at radius 1 is 1.05 bits per heavy atom. The molecule has 3 atom stereocenters. The number of benzene rings is 2. The van der Waals surface area contributed by atoms with Gasteiger partial charge in [-0.1, -0.05) is 29.9 Å². The number of aryl methyl sites for hydroxylation is 1. The number of para-hydroxylation sites is 1. The van der Waals surface area contributed by atoms with Crippen molar-refractivity contribution in [3.8, 4) is 34.8 Å². The second-order valence-corrected chi connectivity index (χ2v) is 15.7. The number of aromatic nitrogens is 5. The molecular weight excluding hydrogens is 782 g/mol. The summed E-state index contributed by atoms with van der Waals surface area (Å²) in [6, 6.07) is 9.43. The van der Waals surface area contributed by atoms with Gasteiger partial charge in [0.1, 0.15) is 35.5 Å². The van der Waals surface area contributed by atoms with Gasteiger partial charge in [-0.3, -0.25) is 23.8 Å². The van der Waals surface area contributed by atoms with Crippen LogP contribution in [0.2, 0.25) is 0 Å². The van der Waals surface area contributed by atoms with Gasteiger partial charge >= 0.3 is 12.1 Å². The molecule has 0 saturated heterocycles. The van der Waals surface area contributed by atoms with Crippen molar-refractivity contribution in [2.45, 2.75) is 37.0 Å². The minimum atomic E-state index is -5.13. The summed E-state index contributed by atoms with van der Waals surface area (Å²) < 4.78 is 131. The van der Waals surface area contributed by atoms with Gasteiger partial charge in [0.15, 0.2) is 11.5 Å². The molecule has 0 aliphatic heterocycles. The normalized spacial score (nSPS) is 17.2. The van der Waals surface area contributed by atoms with E-state index < -0.39 is 81.0 Å². The third-order valence-electron chi connectivity index (χ3n) is 9.30. The van der Waals surface area contributed by atoms with E-state index >= 15 is 8.78 Å². The Labute approximate surface area is 321 Å². The number of carbonyl (C=O) groups excluding carboxylic acids is 1. The van der Waals surface area contributed by atoms with Crippen LogP contribution in [0.3, 0.4) is 0 Å². The Balaban J connectivity index is 1.37. The Kier molecular flexibility index (Phi) is 9.81. The van der Waals surface area contributed by atoms with Crippen LogP contribution in [0, 0.1) is 41.2 Å². The zero-order chi connectivity index (χ0) is 41.2. The van der Waals surface area contributed by atoms with Gasteiger partial charge in [0, 0.05) is 35.2 Å². The molecule has 3 aromatic heterocycles. The van der Waals surface area contributed by atoms with E-state index in [0.29, 0.717) is 39.3 Å². The number of fused-ring (bicyclic) bond motifs is 4. The molecule has 2 aliphatic rings. The summed E-state index contributed by atoms with van der Waals surface area (Å²) in [7, 11) is 1.38.